The summed E-state index contributed by atoms with van der Waals surface area (Å²) in [7, 11) is 0. The molecular formula is C15H23N7OS. The molecule has 1 atom stereocenters. The van der Waals surface area contributed by atoms with Gasteiger partial charge in [-0.15, -0.1) is 5.10 Å². The third kappa shape index (κ3) is 3.61. The Morgan fingerprint density at radius 3 is 2.79 bits per heavy atom. The SMILES string of the molecule is CC(Sc1nnnn1C1CCCC1)C(=O)Nc1ccnn1C(C)C. The highest BCUT2D eigenvalue weighted by Crippen LogP contribution is 2.32. The average Bonchev–Trinajstić information content (AvgIpc) is 3.27. The third-order valence-corrected chi connectivity index (χ3v) is 5.24. The molecule has 1 saturated carbocycles. The largest absolute Gasteiger partial charge is 0.310 e. The van der Waals surface area contributed by atoms with Gasteiger partial charge in [0, 0.05) is 12.1 Å². The fraction of sp³-hybridized carbons (Fsp3) is 0.667. The van der Waals surface area contributed by atoms with Crippen LogP contribution in [0, 0.1) is 0 Å². The Hall–Kier alpha value is -1.90. The predicted octanol–water partition coefficient (Wildman–Crippen LogP) is 2.68. The van der Waals surface area contributed by atoms with Crippen molar-refractivity contribution in [3.8, 4) is 0 Å². The van der Waals surface area contributed by atoms with Crippen molar-refractivity contribution in [2.45, 2.75) is 68.9 Å². The summed E-state index contributed by atoms with van der Waals surface area (Å²) in [6.07, 6.45) is 6.32. The summed E-state index contributed by atoms with van der Waals surface area (Å²) >= 11 is 1.39. The molecule has 2 heterocycles. The van der Waals surface area contributed by atoms with Crippen molar-refractivity contribution in [3.05, 3.63) is 12.3 Å². The van der Waals surface area contributed by atoms with Crippen molar-refractivity contribution in [2.24, 2.45) is 0 Å². The Labute approximate surface area is 145 Å². The van der Waals surface area contributed by atoms with Crippen LogP contribution in [0.5, 0.6) is 0 Å². The molecule has 1 aliphatic carbocycles. The zero-order valence-corrected chi connectivity index (χ0v) is 15.0. The van der Waals surface area contributed by atoms with E-state index in [1.165, 1.54) is 24.6 Å². The topological polar surface area (TPSA) is 90.5 Å². The number of carbonyl (C=O) groups excluding carboxylic acids is 1. The van der Waals surface area contributed by atoms with Gasteiger partial charge in [-0.3, -0.25) is 4.79 Å². The number of thioether (sulfide) groups is 1. The lowest BCUT2D eigenvalue weighted by Crippen LogP contribution is -2.25. The summed E-state index contributed by atoms with van der Waals surface area (Å²) in [4.78, 5) is 12.5. The van der Waals surface area contributed by atoms with Crippen molar-refractivity contribution in [3.63, 3.8) is 0 Å². The first kappa shape index (κ1) is 16.9. The van der Waals surface area contributed by atoms with Gasteiger partial charge in [-0.25, -0.2) is 9.36 Å². The molecule has 2 aromatic rings. The van der Waals surface area contributed by atoms with Crippen LogP contribution in [0.2, 0.25) is 0 Å². The second-order valence-electron chi connectivity index (χ2n) is 6.35. The van der Waals surface area contributed by atoms with Crippen molar-refractivity contribution in [1.82, 2.24) is 30.0 Å². The number of tetrazole rings is 1. The molecule has 1 amide bonds. The normalized spacial score (nSPS) is 16.7. The van der Waals surface area contributed by atoms with Crippen LogP contribution in [0.3, 0.4) is 0 Å². The van der Waals surface area contributed by atoms with Crippen molar-refractivity contribution < 1.29 is 4.79 Å². The molecule has 3 rings (SSSR count). The molecule has 1 N–H and O–H groups in total. The molecule has 130 valence electrons. The average molecular weight is 349 g/mol. The van der Waals surface area contributed by atoms with Gasteiger partial charge in [-0.2, -0.15) is 5.10 Å². The first-order valence-electron chi connectivity index (χ1n) is 8.35. The van der Waals surface area contributed by atoms with E-state index in [0.29, 0.717) is 17.0 Å². The summed E-state index contributed by atoms with van der Waals surface area (Å²) < 4.78 is 3.66. The number of nitrogens with zero attached hydrogens (tertiary/aromatic N) is 6. The molecular weight excluding hydrogens is 326 g/mol. The molecule has 0 aliphatic heterocycles. The van der Waals surface area contributed by atoms with Crippen LogP contribution in [0.15, 0.2) is 17.4 Å². The molecule has 1 fully saturated rings. The quantitative estimate of drug-likeness (QED) is 0.806. The Bertz CT molecular complexity index is 690. The molecule has 24 heavy (non-hydrogen) atoms. The lowest BCUT2D eigenvalue weighted by molar-refractivity contribution is -0.115. The molecule has 0 aromatic carbocycles. The monoisotopic (exact) mass is 349 g/mol. The van der Waals surface area contributed by atoms with Gasteiger partial charge in [-0.1, -0.05) is 24.6 Å². The van der Waals surface area contributed by atoms with Crippen LogP contribution in [0.25, 0.3) is 0 Å². The highest BCUT2D eigenvalue weighted by Gasteiger charge is 2.25. The Balaban J connectivity index is 1.64. The fourth-order valence-corrected chi connectivity index (χ4v) is 3.76. The first-order chi connectivity index (χ1) is 11.6. The van der Waals surface area contributed by atoms with Crippen LogP contribution >= 0.6 is 11.8 Å². The van der Waals surface area contributed by atoms with E-state index in [4.69, 9.17) is 0 Å². The first-order valence-corrected chi connectivity index (χ1v) is 9.23. The van der Waals surface area contributed by atoms with Crippen LogP contribution in [0.1, 0.15) is 58.5 Å². The minimum atomic E-state index is -0.299. The van der Waals surface area contributed by atoms with Gasteiger partial charge < -0.3 is 5.32 Å². The zero-order chi connectivity index (χ0) is 17.1. The van der Waals surface area contributed by atoms with E-state index in [0.717, 1.165) is 12.8 Å². The highest BCUT2D eigenvalue weighted by molar-refractivity contribution is 8.00. The van der Waals surface area contributed by atoms with Crippen LogP contribution in [0.4, 0.5) is 5.82 Å². The van der Waals surface area contributed by atoms with Gasteiger partial charge in [0.05, 0.1) is 17.5 Å². The number of nitrogens with one attached hydrogen (secondary N) is 1. The maximum absolute atomic E-state index is 12.5. The molecule has 2 aromatic heterocycles. The van der Waals surface area contributed by atoms with Crippen molar-refractivity contribution in [2.75, 3.05) is 5.32 Å². The van der Waals surface area contributed by atoms with Gasteiger partial charge in [0.15, 0.2) is 0 Å². The number of hydrogen-bond acceptors (Lipinski definition) is 6. The number of anilines is 1. The van der Waals surface area contributed by atoms with Crippen molar-refractivity contribution in [1.29, 1.82) is 0 Å². The van der Waals surface area contributed by atoms with E-state index in [-0.39, 0.29) is 17.2 Å². The molecule has 0 spiro atoms. The van der Waals surface area contributed by atoms with Crippen molar-refractivity contribution >= 4 is 23.5 Å². The van der Waals surface area contributed by atoms with E-state index >= 15 is 0 Å². The number of amides is 1. The Morgan fingerprint density at radius 1 is 1.33 bits per heavy atom. The van der Waals surface area contributed by atoms with Gasteiger partial charge >= 0.3 is 0 Å². The van der Waals surface area contributed by atoms with E-state index in [1.807, 2.05) is 25.5 Å². The van der Waals surface area contributed by atoms with Crippen LogP contribution in [-0.4, -0.2) is 41.1 Å². The number of hydrogen-bond donors (Lipinski definition) is 1. The number of carbonyl (C=O) groups is 1. The molecule has 0 bridgehead atoms. The second-order valence-corrected chi connectivity index (χ2v) is 7.66. The Morgan fingerprint density at radius 2 is 2.08 bits per heavy atom. The number of aromatic nitrogens is 6. The summed E-state index contributed by atoms with van der Waals surface area (Å²) in [6, 6.07) is 2.35. The maximum atomic E-state index is 12.5. The Kier molecular flexibility index (Phi) is 5.17. The zero-order valence-electron chi connectivity index (χ0n) is 14.2. The summed E-state index contributed by atoms with van der Waals surface area (Å²) in [6.45, 7) is 5.91. The third-order valence-electron chi connectivity index (χ3n) is 4.20. The molecule has 0 radical (unpaired) electrons. The molecule has 0 saturated heterocycles. The molecule has 9 heteroatoms. The smallest absolute Gasteiger partial charge is 0.238 e. The molecule has 1 unspecified atom stereocenters. The summed E-state index contributed by atoms with van der Waals surface area (Å²) in [5.41, 5.74) is 0. The molecule has 1 aliphatic rings. The maximum Gasteiger partial charge on any atom is 0.238 e. The number of rotatable bonds is 6. The van der Waals surface area contributed by atoms with Gasteiger partial charge in [0.25, 0.3) is 0 Å². The minimum Gasteiger partial charge on any atom is -0.310 e. The second kappa shape index (κ2) is 7.33. The van der Waals surface area contributed by atoms with E-state index in [9.17, 15) is 4.79 Å². The van der Waals surface area contributed by atoms with E-state index in [1.54, 1.807) is 16.9 Å². The van der Waals surface area contributed by atoms with E-state index < -0.39 is 0 Å². The highest BCUT2D eigenvalue weighted by atomic mass is 32.2. The predicted molar refractivity (Wildman–Crippen MR) is 91.9 cm³/mol. The van der Waals surface area contributed by atoms with Gasteiger partial charge in [-0.05, 0) is 44.0 Å². The summed E-state index contributed by atoms with van der Waals surface area (Å²) in [5, 5.41) is 19.6. The minimum absolute atomic E-state index is 0.0802. The van der Waals surface area contributed by atoms with Gasteiger partial charge in [0.1, 0.15) is 5.82 Å². The molecule has 8 nitrogen and oxygen atoms in total. The lowest BCUT2D eigenvalue weighted by atomic mass is 10.3. The standard InChI is InChI=1S/C15H23N7OS/c1-10(2)21-13(8-9-16-21)17-14(23)11(3)24-15-18-19-20-22(15)12-6-4-5-7-12/h8-12H,4-7H2,1-3H3,(H,17,23). The van der Waals surface area contributed by atoms with Crippen LogP contribution in [-0.2, 0) is 4.79 Å². The summed E-state index contributed by atoms with van der Waals surface area (Å²) in [5.74, 6) is 0.626. The van der Waals surface area contributed by atoms with Gasteiger partial charge in [0.2, 0.25) is 11.1 Å². The lowest BCUT2D eigenvalue weighted by Gasteiger charge is -2.15. The fourth-order valence-electron chi connectivity index (χ4n) is 2.91. The van der Waals surface area contributed by atoms with Crippen LogP contribution < -0.4 is 5.32 Å². The van der Waals surface area contributed by atoms with E-state index in [2.05, 4.69) is 25.9 Å².